The van der Waals surface area contributed by atoms with Gasteiger partial charge in [0.15, 0.2) is 0 Å². The Balaban J connectivity index is 3.71. The largest absolute Gasteiger partial charge is 0.264 e. The van der Waals surface area contributed by atoms with Crippen molar-refractivity contribution in [3.63, 3.8) is 0 Å². The molecule has 81 valence electrons. The summed E-state index contributed by atoms with van der Waals surface area (Å²) in [7, 11) is 0. The monoisotopic (exact) mass is 203 g/mol. The zero-order valence-electron chi connectivity index (χ0n) is 8.38. The maximum Gasteiger partial charge on any atom is 0.213 e. The molecule has 0 aliphatic rings. The molecule has 0 amide bonds. The smallest absolute Gasteiger partial charge is 0.213 e. The Labute approximate surface area is 82.6 Å². The van der Waals surface area contributed by atoms with Crippen molar-refractivity contribution < 1.29 is 9.85 Å². The van der Waals surface area contributed by atoms with Gasteiger partial charge in [-0.15, -0.1) is 0 Å². The van der Waals surface area contributed by atoms with Crippen LogP contribution in [0.25, 0.3) is 0 Å². The van der Waals surface area contributed by atoms with E-state index in [4.69, 9.17) is 0 Å². The van der Waals surface area contributed by atoms with Gasteiger partial charge in [-0.25, -0.2) is 0 Å². The zero-order valence-corrected chi connectivity index (χ0v) is 8.38. The highest BCUT2D eigenvalue weighted by molar-refractivity contribution is 4.72. The first-order valence-corrected chi connectivity index (χ1v) is 4.57. The third-order valence-corrected chi connectivity index (χ3v) is 2.08. The van der Waals surface area contributed by atoms with Gasteiger partial charge in [0.05, 0.1) is 0 Å². The first-order valence-electron chi connectivity index (χ1n) is 4.57. The summed E-state index contributed by atoms with van der Waals surface area (Å²) in [4.78, 5) is 19.9. The minimum Gasteiger partial charge on any atom is -0.264 e. The number of hydrogen-bond acceptors (Lipinski definition) is 4. The van der Waals surface area contributed by atoms with Crippen molar-refractivity contribution in [1.29, 1.82) is 0 Å². The molecule has 0 rings (SSSR count). The predicted octanol–water partition coefficient (Wildman–Crippen LogP) is 1.69. The number of hydrogen-bond donors (Lipinski definition) is 0. The van der Waals surface area contributed by atoms with Crippen LogP contribution in [0.5, 0.6) is 0 Å². The van der Waals surface area contributed by atoms with Crippen molar-refractivity contribution in [2.24, 2.45) is 0 Å². The van der Waals surface area contributed by atoms with E-state index in [-0.39, 0.29) is 16.3 Å². The van der Waals surface area contributed by atoms with E-state index >= 15 is 0 Å². The van der Waals surface area contributed by atoms with Gasteiger partial charge in [0.25, 0.3) is 0 Å². The summed E-state index contributed by atoms with van der Waals surface area (Å²) in [5.41, 5.74) is 0. The van der Waals surface area contributed by atoms with Gasteiger partial charge in [-0.1, -0.05) is 6.92 Å². The zero-order chi connectivity index (χ0) is 11.1. The van der Waals surface area contributed by atoms with Crippen LogP contribution in [0, 0.1) is 26.6 Å². The fourth-order valence-electron chi connectivity index (χ4n) is 1.02. The van der Waals surface area contributed by atoms with Gasteiger partial charge in [0, 0.05) is 36.0 Å². The van der Waals surface area contributed by atoms with Crippen molar-refractivity contribution in [2.75, 3.05) is 0 Å². The summed E-state index contributed by atoms with van der Waals surface area (Å²) in [6.07, 6.45) is 2.68. The maximum absolute atomic E-state index is 10.4. The second-order valence-electron chi connectivity index (χ2n) is 3.24. The third kappa shape index (κ3) is 4.74. The van der Waals surface area contributed by atoms with Crippen molar-refractivity contribution >= 4 is 0 Å². The molecule has 2 unspecified atom stereocenters. The van der Waals surface area contributed by atoms with Crippen LogP contribution in [0.15, 0.2) is 0 Å². The van der Waals surface area contributed by atoms with Crippen molar-refractivity contribution in [1.82, 2.24) is 0 Å². The molecular weight excluding hydrogens is 188 g/mol. The van der Waals surface area contributed by atoms with Gasteiger partial charge in [0.2, 0.25) is 12.1 Å². The average molecular weight is 203 g/mol. The second kappa shape index (κ2) is 6.28. The van der Waals surface area contributed by atoms with E-state index in [0.717, 1.165) is 0 Å². The Hall–Kier alpha value is -1.20. The van der Waals surface area contributed by atoms with E-state index in [1.807, 2.05) is 0 Å². The van der Waals surface area contributed by atoms with Gasteiger partial charge in [-0.05, 0) is 6.42 Å². The lowest BCUT2D eigenvalue weighted by Gasteiger charge is -2.06. The van der Waals surface area contributed by atoms with Gasteiger partial charge < -0.3 is 0 Å². The lowest BCUT2D eigenvalue weighted by Crippen LogP contribution is -2.20. The lowest BCUT2D eigenvalue weighted by atomic mass is 10.1. The average Bonchev–Trinajstić information content (AvgIpc) is 2.11. The molecule has 0 saturated carbocycles. The number of nitro groups is 2. The van der Waals surface area contributed by atoms with E-state index in [1.54, 1.807) is 13.3 Å². The van der Waals surface area contributed by atoms with Crippen LogP contribution in [0.2, 0.25) is 0 Å². The molecule has 0 aromatic rings. The van der Waals surface area contributed by atoms with E-state index in [1.165, 1.54) is 6.92 Å². The van der Waals surface area contributed by atoms with Gasteiger partial charge in [0.1, 0.15) is 0 Å². The normalized spacial score (nSPS) is 14.7. The van der Waals surface area contributed by atoms with Gasteiger partial charge in [-0.2, -0.15) is 0 Å². The van der Waals surface area contributed by atoms with Crippen molar-refractivity contribution in [3.05, 3.63) is 26.6 Å². The first kappa shape index (κ1) is 12.8. The SMILES string of the molecule is CCC(C[CH]CC(C)[N+](=O)[O-])[N+](=O)[O-]. The van der Waals surface area contributed by atoms with Crippen molar-refractivity contribution in [2.45, 2.75) is 45.2 Å². The minimum atomic E-state index is -0.653. The third-order valence-electron chi connectivity index (χ3n) is 2.08. The Kier molecular flexibility index (Phi) is 5.74. The summed E-state index contributed by atoms with van der Waals surface area (Å²) >= 11 is 0. The van der Waals surface area contributed by atoms with Crippen LogP contribution in [0.4, 0.5) is 0 Å². The second-order valence-corrected chi connectivity index (χ2v) is 3.24. The topological polar surface area (TPSA) is 86.3 Å². The molecule has 1 radical (unpaired) electrons. The van der Waals surface area contributed by atoms with Gasteiger partial charge >= 0.3 is 0 Å². The van der Waals surface area contributed by atoms with Crippen molar-refractivity contribution in [3.8, 4) is 0 Å². The highest BCUT2D eigenvalue weighted by Crippen LogP contribution is 2.09. The molecule has 0 saturated heterocycles. The Bertz CT molecular complexity index is 208. The van der Waals surface area contributed by atoms with Crippen LogP contribution in [0.3, 0.4) is 0 Å². The Morgan fingerprint density at radius 1 is 1.21 bits per heavy atom. The minimum absolute atomic E-state index is 0.289. The van der Waals surface area contributed by atoms with Crippen LogP contribution >= 0.6 is 0 Å². The fraction of sp³-hybridized carbons (Fsp3) is 0.875. The van der Waals surface area contributed by atoms with E-state index in [9.17, 15) is 20.2 Å². The molecule has 0 fully saturated rings. The molecule has 0 N–H and O–H groups in total. The standard InChI is InChI=1S/C8H15N2O4/c1-3-8(10(13)14)6-4-5-7(2)9(11)12/h4,7-8H,3,5-6H2,1-2H3. The van der Waals surface area contributed by atoms with Crippen LogP contribution in [-0.4, -0.2) is 21.9 Å². The molecule has 0 aromatic heterocycles. The summed E-state index contributed by atoms with van der Waals surface area (Å²) in [5.74, 6) is 0. The molecule has 2 atom stereocenters. The van der Waals surface area contributed by atoms with Crippen LogP contribution in [0.1, 0.15) is 33.1 Å². The quantitative estimate of drug-likeness (QED) is 0.465. The molecule has 6 heteroatoms. The molecule has 0 aliphatic heterocycles. The van der Waals surface area contributed by atoms with E-state index in [0.29, 0.717) is 12.8 Å². The number of rotatable bonds is 7. The summed E-state index contributed by atoms with van der Waals surface area (Å²) < 4.78 is 0. The molecular formula is C8H15N2O4. The number of nitrogens with zero attached hydrogens (tertiary/aromatic N) is 2. The molecule has 14 heavy (non-hydrogen) atoms. The molecule has 6 nitrogen and oxygen atoms in total. The van der Waals surface area contributed by atoms with Gasteiger partial charge in [-0.3, -0.25) is 20.2 Å². The van der Waals surface area contributed by atoms with E-state index < -0.39 is 12.1 Å². The highest BCUT2D eigenvalue weighted by Gasteiger charge is 2.19. The lowest BCUT2D eigenvalue weighted by molar-refractivity contribution is -0.524. The Morgan fingerprint density at radius 2 is 1.79 bits per heavy atom. The summed E-state index contributed by atoms with van der Waals surface area (Å²) in [5, 5.41) is 20.6. The first-order chi connectivity index (χ1) is 6.49. The van der Waals surface area contributed by atoms with Crippen LogP contribution < -0.4 is 0 Å². The maximum atomic E-state index is 10.4. The predicted molar refractivity (Wildman–Crippen MR) is 51.1 cm³/mol. The molecule has 0 aliphatic carbocycles. The molecule has 0 aromatic carbocycles. The summed E-state index contributed by atoms with van der Waals surface area (Å²) in [6.45, 7) is 3.22. The summed E-state index contributed by atoms with van der Waals surface area (Å²) in [6, 6.07) is -1.26. The highest BCUT2D eigenvalue weighted by atomic mass is 16.6. The van der Waals surface area contributed by atoms with Crippen LogP contribution in [-0.2, 0) is 0 Å². The molecule has 0 heterocycles. The Morgan fingerprint density at radius 3 is 2.14 bits per heavy atom. The molecule has 0 bridgehead atoms. The molecule has 0 spiro atoms. The van der Waals surface area contributed by atoms with E-state index in [2.05, 4.69) is 0 Å². The fourth-order valence-corrected chi connectivity index (χ4v) is 1.02.